The van der Waals surface area contributed by atoms with E-state index in [1.807, 2.05) is 0 Å². The Hall–Kier alpha value is -0.750. The largest absolute Gasteiger partial charge is 0.127 e. The summed E-state index contributed by atoms with van der Waals surface area (Å²) in [5, 5.41) is 0. The van der Waals surface area contributed by atoms with Crippen LogP contribution in [0, 0.1) is 0 Å². The van der Waals surface area contributed by atoms with Crippen LogP contribution in [-0.4, -0.2) is 5.88 Å². The third-order valence-corrected chi connectivity index (χ3v) is 3.26. The average Bonchev–Trinajstić information content (AvgIpc) is 2.30. The summed E-state index contributed by atoms with van der Waals surface area (Å²) in [5.41, 5.74) is 4.51. The van der Waals surface area contributed by atoms with Gasteiger partial charge in [0.2, 0.25) is 0 Å². The minimum atomic E-state index is 0.787. The van der Waals surface area contributed by atoms with Crippen molar-refractivity contribution in [3.8, 4) is 0 Å². The van der Waals surface area contributed by atoms with Gasteiger partial charge in [-0.3, -0.25) is 0 Å². The predicted molar refractivity (Wildman–Crippen MR) is 67.3 cm³/mol. The van der Waals surface area contributed by atoms with E-state index in [4.69, 9.17) is 11.6 Å². The van der Waals surface area contributed by atoms with Crippen molar-refractivity contribution in [3.63, 3.8) is 0 Å². The van der Waals surface area contributed by atoms with Gasteiger partial charge in [0.05, 0.1) is 0 Å². The van der Waals surface area contributed by atoms with Crippen molar-refractivity contribution in [2.45, 2.75) is 32.1 Å². The van der Waals surface area contributed by atoms with Crippen molar-refractivity contribution in [2.24, 2.45) is 0 Å². The van der Waals surface area contributed by atoms with Crippen LogP contribution in [0.1, 0.15) is 36.8 Å². The monoisotopic (exact) mass is 220 g/mol. The fourth-order valence-electron chi connectivity index (χ4n) is 2.21. The lowest BCUT2D eigenvalue weighted by Gasteiger charge is -2.17. The lowest BCUT2D eigenvalue weighted by Crippen LogP contribution is -1.99. The van der Waals surface area contributed by atoms with E-state index >= 15 is 0 Å². The molecule has 1 aliphatic rings. The van der Waals surface area contributed by atoms with Crippen molar-refractivity contribution in [1.29, 1.82) is 0 Å². The molecule has 1 heteroatoms. The second-order valence-corrected chi connectivity index (χ2v) is 4.45. The molecule has 80 valence electrons. The minimum Gasteiger partial charge on any atom is -0.127 e. The summed E-state index contributed by atoms with van der Waals surface area (Å²) in [5.74, 6) is 0.787. The van der Waals surface area contributed by atoms with Crippen LogP contribution in [0.3, 0.4) is 0 Å². The molecule has 0 heterocycles. The van der Waals surface area contributed by atoms with Gasteiger partial charge in [0.25, 0.3) is 0 Å². The molecule has 0 saturated heterocycles. The van der Waals surface area contributed by atoms with Crippen LogP contribution in [-0.2, 0) is 6.42 Å². The van der Waals surface area contributed by atoms with Gasteiger partial charge in [-0.1, -0.05) is 30.3 Å². The molecule has 2 rings (SSSR count). The van der Waals surface area contributed by atoms with Gasteiger partial charge in [0, 0.05) is 5.88 Å². The van der Waals surface area contributed by atoms with E-state index in [2.05, 4.69) is 30.3 Å². The Balaban J connectivity index is 2.09. The molecule has 1 aromatic rings. The van der Waals surface area contributed by atoms with Gasteiger partial charge in [-0.05, 0) is 48.8 Å². The first kappa shape index (κ1) is 10.8. The summed E-state index contributed by atoms with van der Waals surface area (Å²) in [6, 6.07) is 8.78. The molecule has 0 amide bonds. The van der Waals surface area contributed by atoms with Crippen molar-refractivity contribution in [1.82, 2.24) is 0 Å². The molecule has 15 heavy (non-hydrogen) atoms. The first-order chi connectivity index (χ1) is 7.42. The quantitative estimate of drug-likeness (QED) is 0.520. The number of alkyl halides is 1. The molecule has 0 fully saturated rings. The number of allylic oxidation sites excluding steroid dienone is 2. The van der Waals surface area contributed by atoms with Crippen molar-refractivity contribution >= 4 is 17.2 Å². The van der Waals surface area contributed by atoms with Gasteiger partial charge in [-0.2, -0.15) is 0 Å². The fourth-order valence-corrected chi connectivity index (χ4v) is 2.40. The maximum absolute atomic E-state index is 5.70. The second-order valence-electron chi connectivity index (χ2n) is 4.07. The van der Waals surface area contributed by atoms with Crippen LogP contribution in [0.25, 0.3) is 5.57 Å². The molecular weight excluding hydrogens is 204 g/mol. The third-order valence-electron chi connectivity index (χ3n) is 3.00. The van der Waals surface area contributed by atoms with Gasteiger partial charge < -0.3 is 0 Å². The zero-order valence-corrected chi connectivity index (χ0v) is 9.76. The summed E-state index contributed by atoms with van der Waals surface area (Å²) in [6.07, 6.45) is 8.33. The Labute approximate surface area is 97.0 Å². The van der Waals surface area contributed by atoms with E-state index in [0.717, 1.165) is 12.3 Å². The van der Waals surface area contributed by atoms with Crippen LogP contribution in [0.4, 0.5) is 0 Å². The zero-order valence-electron chi connectivity index (χ0n) is 9.01. The van der Waals surface area contributed by atoms with E-state index < -0.39 is 0 Å². The van der Waals surface area contributed by atoms with Gasteiger partial charge in [-0.25, -0.2) is 0 Å². The predicted octanol–water partition coefficient (Wildman–Crippen LogP) is 4.43. The Kier molecular flexibility index (Phi) is 3.85. The van der Waals surface area contributed by atoms with Crippen LogP contribution < -0.4 is 0 Å². The van der Waals surface area contributed by atoms with Crippen molar-refractivity contribution < 1.29 is 0 Å². The number of rotatable bonds is 4. The molecule has 0 radical (unpaired) electrons. The molecule has 0 atom stereocenters. The highest BCUT2D eigenvalue weighted by molar-refractivity contribution is 6.17. The van der Waals surface area contributed by atoms with Crippen molar-refractivity contribution in [3.05, 3.63) is 41.5 Å². The molecule has 0 unspecified atom stereocenters. The minimum absolute atomic E-state index is 0.787. The molecular formula is C14H17Cl. The fraction of sp³-hybridized carbons (Fsp3) is 0.429. The van der Waals surface area contributed by atoms with Crippen molar-refractivity contribution in [2.75, 3.05) is 5.88 Å². The highest BCUT2D eigenvalue weighted by Gasteiger charge is 2.10. The molecule has 0 N–H and O–H groups in total. The summed E-state index contributed by atoms with van der Waals surface area (Å²) in [7, 11) is 0. The smallest absolute Gasteiger partial charge is 0.0223 e. The molecule has 0 saturated carbocycles. The van der Waals surface area contributed by atoms with Crippen LogP contribution >= 0.6 is 11.6 Å². The maximum Gasteiger partial charge on any atom is 0.0223 e. The topological polar surface area (TPSA) is 0 Å². The molecule has 0 bridgehead atoms. The van der Waals surface area contributed by atoms with E-state index in [9.17, 15) is 0 Å². The lowest BCUT2D eigenvalue weighted by molar-refractivity contribution is 0.820. The van der Waals surface area contributed by atoms with E-state index in [-0.39, 0.29) is 0 Å². The van der Waals surface area contributed by atoms with E-state index in [1.165, 1.54) is 42.4 Å². The molecule has 0 spiro atoms. The number of unbranched alkanes of at least 4 members (excludes halogenated alkanes) is 1. The van der Waals surface area contributed by atoms with Crippen LogP contribution in [0.5, 0.6) is 0 Å². The Morgan fingerprint density at radius 2 is 2.00 bits per heavy atom. The number of fused-ring (bicyclic) bond motifs is 1. The summed E-state index contributed by atoms with van der Waals surface area (Å²) >= 11 is 5.70. The average molecular weight is 221 g/mol. The molecule has 1 aromatic carbocycles. The highest BCUT2D eigenvalue weighted by Crippen LogP contribution is 2.29. The van der Waals surface area contributed by atoms with Crippen LogP contribution in [0.15, 0.2) is 30.3 Å². The molecule has 0 nitrogen and oxygen atoms in total. The van der Waals surface area contributed by atoms with Crippen LogP contribution in [0.2, 0.25) is 0 Å². The van der Waals surface area contributed by atoms with Gasteiger partial charge in [0.15, 0.2) is 0 Å². The maximum atomic E-state index is 5.70. The van der Waals surface area contributed by atoms with Gasteiger partial charge >= 0.3 is 0 Å². The number of hydrogen-bond acceptors (Lipinski definition) is 0. The first-order valence-electron chi connectivity index (χ1n) is 5.75. The summed E-state index contributed by atoms with van der Waals surface area (Å²) < 4.78 is 0. The number of hydrogen-bond donors (Lipinski definition) is 0. The summed E-state index contributed by atoms with van der Waals surface area (Å²) in [6.45, 7) is 0. The second kappa shape index (κ2) is 5.37. The normalized spacial score (nSPS) is 14.6. The van der Waals surface area contributed by atoms with E-state index in [0.29, 0.717) is 0 Å². The molecule has 1 aliphatic carbocycles. The summed E-state index contributed by atoms with van der Waals surface area (Å²) in [4.78, 5) is 0. The number of halogens is 1. The zero-order chi connectivity index (χ0) is 10.5. The standard InChI is InChI=1S/C14H17Cl/c15-11-4-3-7-13-9-5-8-12-6-1-2-10-14(12)13/h1-2,6,9-10H,3-5,7-8,11H2. The third kappa shape index (κ3) is 2.63. The Bertz CT molecular complexity index is 352. The van der Waals surface area contributed by atoms with Gasteiger partial charge in [-0.15, -0.1) is 11.6 Å². The molecule has 0 aliphatic heterocycles. The Morgan fingerprint density at radius 3 is 2.87 bits per heavy atom. The highest BCUT2D eigenvalue weighted by atomic mass is 35.5. The first-order valence-corrected chi connectivity index (χ1v) is 6.28. The Morgan fingerprint density at radius 1 is 1.13 bits per heavy atom. The van der Waals surface area contributed by atoms with E-state index in [1.54, 1.807) is 0 Å². The lowest BCUT2D eigenvalue weighted by atomic mass is 9.88. The number of benzene rings is 1. The molecule has 0 aromatic heterocycles. The SMILES string of the molecule is ClCCCCC1=CCCc2ccccc21. The number of aryl methyl sites for hydroxylation is 1. The van der Waals surface area contributed by atoms with Gasteiger partial charge in [0.1, 0.15) is 0 Å².